The molecule has 0 saturated heterocycles. The van der Waals surface area contributed by atoms with Crippen molar-refractivity contribution >= 4 is 23.8 Å². The quantitative estimate of drug-likeness (QED) is 0.0272. The van der Waals surface area contributed by atoms with Crippen LogP contribution in [-0.2, 0) is 23.9 Å². The van der Waals surface area contributed by atoms with E-state index in [-0.39, 0.29) is 30.9 Å². The molecule has 0 aliphatic heterocycles. The fraction of sp³-hybridized carbons (Fsp3) is 0.760. The lowest BCUT2D eigenvalue weighted by Gasteiger charge is -2.18. The molecule has 0 aliphatic carbocycles. The highest BCUT2D eigenvalue weighted by Crippen LogP contribution is 2.18. The van der Waals surface area contributed by atoms with E-state index in [1.165, 1.54) is 109 Å². The summed E-state index contributed by atoms with van der Waals surface area (Å²) in [7, 11) is 0. The molecule has 2 amide bonds. The van der Waals surface area contributed by atoms with Crippen LogP contribution in [0.5, 0.6) is 0 Å². The number of hydrogen-bond acceptors (Lipinski definition) is 6. The number of unbranched alkanes of at least 4 members (excludes halogenated alkanes) is 21. The van der Waals surface area contributed by atoms with E-state index in [1.54, 1.807) is 0 Å². The molecule has 9 nitrogen and oxygen atoms in total. The van der Waals surface area contributed by atoms with Gasteiger partial charge in [-0.15, -0.1) is 0 Å². The second-order valence-corrected chi connectivity index (χ2v) is 16.2. The Morgan fingerprint density at radius 3 is 1.44 bits per heavy atom. The summed E-state index contributed by atoms with van der Waals surface area (Å²) in [4.78, 5) is 47.7. The predicted molar refractivity (Wildman–Crippen MR) is 245 cm³/mol. The van der Waals surface area contributed by atoms with Gasteiger partial charge in [0.05, 0.1) is 13.2 Å². The summed E-state index contributed by atoms with van der Waals surface area (Å²) in [6, 6.07) is -1.39. The highest BCUT2D eigenvalue weighted by molar-refractivity contribution is 5.87. The zero-order chi connectivity index (χ0) is 43.3. The number of esters is 1. The smallest absolute Gasteiger partial charge is 0.328 e. The third-order valence-electron chi connectivity index (χ3n) is 10.5. The van der Waals surface area contributed by atoms with E-state index in [0.717, 1.165) is 77.0 Å². The number of aliphatic carboxylic acids is 1. The van der Waals surface area contributed by atoms with Crippen molar-refractivity contribution in [1.82, 2.24) is 10.6 Å². The van der Waals surface area contributed by atoms with E-state index in [0.29, 0.717) is 12.8 Å². The highest BCUT2D eigenvalue weighted by atomic mass is 16.5. The standard InChI is InChI=1S/C50H88N2O7/c1-3-5-7-9-11-13-15-17-18-19-20-21-23-25-27-29-34-38-42-49(56)59-45(39-35-31-28-26-24-22-16-14-12-10-8-6-4-2)40-36-32-30-33-37-41-47(54)51-43-48(55)52-46(44-53)50(57)58/h13,15-16,18-19,22,26,28,45-46,53H,3-12,14,17,20-21,23-25,27,29-44H2,1-2H3,(H,51,54)(H,52,55)(H,57,58)/b15-13-,19-18-,22-16-,28-26-. The van der Waals surface area contributed by atoms with E-state index in [9.17, 15) is 19.2 Å². The number of carbonyl (C=O) groups is 4. The first kappa shape index (κ1) is 55.8. The molecule has 9 heteroatoms. The zero-order valence-electron chi connectivity index (χ0n) is 37.8. The predicted octanol–water partition coefficient (Wildman–Crippen LogP) is 12.3. The Morgan fingerprint density at radius 1 is 0.508 bits per heavy atom. The molecular formula is C50H88N2O7. The van der Waals surface area contributed by atoms with Crippen molar-refractivity contribution in [3.63, 3.8) is 0 Å². The molecule has 4 N–H and O–H groups in total. The lowest BCUT2D eigenvalue weighted by Crippen LogP contribution is -2.47. The maximum Gasteiger partial charge on any atom is 0.328 e. The van der Waals surface area contributed by atoms with Crippen LogP contribution in [0.2, 0.25) is 0 Å². The molecule has 0 spiro atoms. The van der Waals surface area contributed by atoms with E-state index >= 15 is 0 Å². The lowest BCUT2D eigenvalue weighted by molar-refractivity contribution is -0.150. The molecule has 0 heterocycles. The van der Waals surface area contributed by atoms with Crippen molar-refractivity contribution in [3.8, 4) is 0 Å². The monoisotopic (exact) mass is 829 g/mol. The minimum Gasteiger partial charge on any atom is -0.480 e. The van der Waals surface area contributed by atoms with Crippen LogP contribution in [0.15, 0.2) is 48.6 Å². The maximum absolute atomic E-state index is 12.8. The molecule has 59 heavy (non-hydrogen) atoms. The molecular weight excluding hydrogens is 741 g/mol. The molecule has 0 rings (SSSR count). The molecule has 0 aromatic rings. The van der Waals surface area contributed by atoms with E-state index in [2.05, 4.69) is 73.1 Å². The molecule has 0 aromatic carbocycles. The van der Waals surface area contributed by atoms with Gasteiger partial charge in [0.15, 0.2) is 0 Å². The summed E-state index contributed by atoms with van der Waals surface area (Å²) in [5.74, 6) is -2.33. The summed E-state index contributed by atoms with van der Waals surface area (Å²) in [5.41, 5.74) is 0. The normalized spacial score (nSPS) is 12.9. The third kappa shape index (κ3) is 41.3. The van der Waals surface area contributed by atoms with Crippen LogP contribution in [0.25, 0.3) is 0 Å². The summed E-state index contributed by atoms with van der Waals surface area (Å²) in [6.45, 7) is 3.45. The van der Waals surface area contributed by atoms with Crippen LogP contribution in [0, 0.1) is 0 Å². The number of amides is 2. The van der Waals surface area contributed by atoms with Crippen molar-refractivity contribution in [2.75, 3.05) is 13.2 Å². The van der Waals surface area contributed by atoms with Gasteiger partial charge in [-0.3, -0.25) is 14.4 Å². The summed E-state index contributed by atoms with van der Waals surface area (Å²) >= 11 is 0. The Hall–Kier alpha value is -3.20. The zero-order valence-corrected chi connectivity index (χ0v) is 37.8. The van der Waals surface area contributed by atoms with Crippen molar-refractivity contribution in [2.45, 2.75) is 231 Å². The summed E-state index contributed by atoms with van der Waals surface area (Å²) in [5, 5.41) is 22.6. The molecule has 0 bridgehead atoms. The van der Waals surface area contributed by atoms with Gasteiger partial charge in [-0.25, -0.2) is 4.79 Å². The number of carbonyl (C=O) groups excluding carboxylic acids is 3. The summed E-state index contributed by atoms with van der Waals surface area (Å²) < 4.78 is 6.02. The van der Waals surface area contributed by atoms with Crippen LogP contribution >= 0.6 is 0 Å². The fourth-order valence-electron chi connectivity index (χ4n) is 6.84. The van der Waals surface area contributed by atoms with E-state index in [4.69, 9.17) is 14.9 Å². The van der Waals surface area contributed by atoms with Crippen LogP contribution in [-0.4, -0.2) is 59.3 Å². The third-order valence-corrected chi connectivity index (χ3v) is 10.5. The Balaban J connectivity index is 4.37. The molecule has 0 fully saturated rings. The van der Waals surface area contributed by atoms with Crippen LogP contribution in [0.1, 0.15) is 219 Å². The number of allylic oxidation sites excluding steroid dienone is 8. The fourth-order valence-corrected chi connectivity index (χ4v) is 6.84. The molecule has 2 unspecified atom stereocenters. The lowest BCUT2D eigenvalue weighted by atomic mass is 10.0. The number of rotatable bonds is 43. The minimum atomic E-state index is -1.39. The Labute approximate surface area is 360 Å². The van der Waals surface area contributed by atoms with Gasteiger partial charge in [-0.2, -0.15) is 0 Å². The van der Waals surface area contributed by atoms with Crippen molar-refractivity contribution in [3.05, 3.63) is 48.6 Å². The molecule has 340 valence electrons. The number of carboxylic acid groups (broad SMARTS) is 1. The topological polar surface area (TPSA) is 142 Å². The maximum atomic E-state index is 12.8. The van der Waals surface area contributed by atoms with Gasteiger partial charge in [-0.1, -0.05) is 159 Å². The van der Waals surface area contributed by atoms with Gasteiger partial charge < -0.3 is 25.6 Å². The average Bonchev–Trinajstić information content (AvgIpc) is 3.22. The first-order chi connectivity index (χ1) is 28.8. The van der Waals surface area contributed by atoms with Gasteiger partial charge in [0.1, 0.15) is 12.1 Å². The average molecular weight is 829 g/mol. The number of carboxylic acids is 1. The second-order valence-electron chi connectivity index (χ2n) is 16.2. The molecule has 0 aromatic heterocycles. The minimum absolute atomic E-state index is 0.0624. The van der Waals surface area contributed by atoms with Crippen LogP contribution < -0.4 is 10.6 Å². The Morgan fingerprint density at radius 2 is 0.932 bits per heavy atom. The molecule has 0 aliphatic rings. The van der Waals surface area contributed by atoms with E-state index in [1.807, 2.05) is 0 Å². The van der Waals surface area contributed by atoms with Crippen molar-refractivity contribution in [1.29, 1.82) is 0 Å². The number of aliphatic hydroxyl groups is 1. The molecule has 0 saturated carbocycles. The van der Waals surface area contributed by atoms with Gasteiger partial charge in [-0.05, 0) is 96.3 Å². The van der Waals surface area contributed by atoms with Gasteiger partial charge in [0.2, 0.25) is 11.8 Å². The molecule has 0 radical (unpaired) electrons. The highest BCUT2D eigenvalue weighted by Gasteiger charge is 2.19. The Kier molecular flexibility index (Phi) is 41.9. The van der Waals surface area contributed by atoms with Crippen molar-refractivity contribution in [2.24, 2.45) is 0 Å². The number of nitrogens with one attached hydrogen (secondary N) is 2. The van der Waals surface area contributed by atoms with Gasteiger partial charge in [0.25, 0.3) is 0 Å². The number of aliphatic hydroxyl groups excluding tert-OH is 1. The van der Waals surface area contributed by atoms with E-state index < -0.39 is 24.5 Å². The van der Waals surface area contributed by atoms with Crippen molar-refractivity contribution < 1.29 is 34.1 Å². The molecule has 2 atom stereocenters. The van der Waals surface area contributed by atoms with Crippen LogP contribution in [0.4, 0.5) is 0 Å². The van der Waals surface area contributed by atoms with Gasteiger partial charge in [0, 0.05) is 12.8 Å². The SMILES string of the molecule is CCCCCC/C=C\C/C=C\CCCCCCCCCC(=O)OC(CCC/C=C\C/C=C\CCCCCCC)CCCCCCCC(=O)NCC(=O)NC(CO)C(=O)O. The first-order valence-corrected chi connectivity index (χ1v) is 24.0. The van der Waals surface area contributed by atoms with Crippen LogP contribution in [0.3, 0.4) is 0 Å². The largest absolute Gasteiger partial charge is 0.480 e. The van der Waals surface area contributed by atoms with Gasteiger partial charge >= 0.3 is 11.9 Å². The number of hydrogen-bond donors (Lipinski definition) is 4. The number of ether oxygens (including phenoxy) is 1. The Bertz CT molecular complexity index is 1130. The first-order valence-electron chi connectivity index (χ1n) is 24.0. The summed E-state index contributed by atoms with van der Waals surface area (Å²) in [6.07, 6.45) is 52.8. The second kappa shape index (κ2) is 44.4.